The van der Waals surface area contributed by atoms with Crippen LogP contribution < -0.4 is 10.7 Å². The van der Waals surface area contributed by atoms with Gasteiger partial charge in [-0.3, -0.25) is 20.0 Å². The van der Waals surface area contributed by atoms with Crippen LogP contribution in [0.2, 0.25) is 0 Å². The Hall–Kier alpha value is -3.88. The number of halogens is 3. The zero-order valence-corrected chi connectivity index (χ0v) is 15.4. The number of carbonyl (C=O) groups is 2. The lowest BCUT2D eigenvalue weighted by Gasteiger charge is -2.38. The third-order valence-electron chi connectivity index (χ3n) is 4.65. The number of alkyl halides is 3. The van der Waals surface area contributed by atoms with Crippen LogP contribution in [-0.4, -0.2) is 21.8 Å². The molecule has 2 N–H and O–H groups in total. The standard InChI is InChI=1S/C21H15F3N4O2/c22-21(23,24)16-7-3-1-5-14(16)18-26-17-8-4-2-6-15(17)20(30)28(18)27-19(29)13-9-11-25-12-10-13/h1-12,18,26H,(H,27,29)/t18-/m0/s1. The third-order valence-corrected chi connectivity index (χ3v) is 4.65. The summed E-state index contributed by atoms with van der Waals surface area (Å²) >= 11 is 0. The summed E-state index contributed by atoms with van der Waals surface area (Å²) in [4.78, 5) is 29.6. The van der Waals surface area contributed by atoms with Crippen LogP contribution in [0.4, 0.5) is 18.9 Å². The number of amides is 2. The van der Waals surface area contributed by atoms with Crippen molar-refractivity contribution in [2.45, 2.75) is 12.3 Å². The summed E-state index contributed by atoms with van der Waals surface area (Å²) in [5.41, 5.74) is 2.16. The second kappa shape index (κ2) is 7.51. The van der Waals surface area contributed by atoms with Crippen molar-refractivity contribution < 1.29 is 22.8 Å². The molecule has 1 aliphatic heterocycles. The molecular formula is C21H15F3N4O2. The molecule has 0 saturated carbocycles. The number of hydrogen-bond acceptors (Lipinski definition) is 4. The Morgan fingerprint density at radius 3 is 2.40 bits per heavy atom. The summed E-state index contributed by atoms with van der Waals surface area (Å²) in [5, 5.41) is 3.83. The highest BCUT2D eigenvalue weighted by Gasteiger charge is 2.40. The maximum atomic E-state index is 13.6. The summed E-state index contributed by atoms with van der Waals surface area (Å²) in [6, 6.07) is 14.2. The van der Waals surface area contributed by atoms with Crippen molar-refractivity contribution in [2.24, 2.45) is 0 Å². The molecule has 0 radical (unpaired) electrons. The molecular weight excluding hydrogens is 397 g/mol. The van der Waals surface area contributed by atoms with Crippen molar-refractivity contribution in [1.29, 1.82) is 0 Å². The molecule has 30 heavy (non-hydrogen) atoms. The van der Waals surface area contributed by atoms with Crippen LogP contribution in [0.15, 0.2) is 73.1 Å². The molecule has 6 nitrogen and oxygen atoms in total. The van der Waals surface area contributed by atoms with Gasteiger partial charge >= 0.3 is 6.18 Å². The van der Waals surface area contributed by atoms with E-state index in [1.165, 1.54) is 48.8 Å². The lowest BCUT2D eigenvalue weighted by Crippen LogP contribution is -2.53. The molecule has 1 aliphatic rings. The first-order valence-corrected chi connectivity index (χ1v) is 8.92. The highest BCUT2D eigenvalue weighted by atomic mass is 19.4. The van der Waals surface area contributed by atoms with Gasteiger partial charge in [-0.1, -0.05) is 30.3 Å². The Morgan fingerprint density at radius 1 is 1.00 bits per heavy atom. The fourth-order valence-electron chi connectivity index (χ4n) is 3.26. The van der Waals surface area contributed by atoms with E-state index in [-0.39, 0.29) is 16.7 Å². The van der Waals surface area contributed by atoms with E-state index in [0.29, 0.717) is 5.69 Å². The fourth-order valence-corrected chi connectivity index (χ4v) is 3.26. The predicted molar refractivity (Wildman–Crippen MR) is 102 cm³/mol. The molecule has 0 saturated heterocycles. The SMILES string of the molecule is O=C(NN1C(=O)c2ccccc2N[C@@H]1c1ccccc1C(F)(F)F)c1ccncc1. The van der Waals surface area contributed by atoms with Crippen LogP contribution in [0, 0.1) is 0 Å². The lowest BCUT2D eigenvalue weighted by molar-refractivity contribution is -0.138. The van der Waals surface area contributed by atoms with Crippen LogP contribution >= 0.6 is 0 Å². The number of hydrazine groups is 1. The minimum Gasteiger partial charge on any atom is -0.359 e. The molecule has 0 unspecified atom stereocenters. The number of para-hydroxylation sites is 1. The van der Waals surface area contributed by atoms with E-state index in [0.717, 1.165) is 11.1 Å². The second-order valence-electron chi connectivity index (χ2n) is 6.53. The number of rotatable bonds is 3. The molecule has 0 fully saturated rings. The number of nitrogens with one attached hydrogen (secondary N) is 2. The molecule has 0 bridgehead atoms. The molecule has 1 aromatic heterocycles. The van der Waals surface area contributed by atoms with Crippen LogP contribution in [0.1, 0.15) is 38.0 Å². The summed E-state index contributed by atoms with van der Waals surface area (Å²) in [6.07, 6.45) is -3.11. The monoisotopic (exact) mass is 412 g/mol. The van der Waals surface area contributed by atoms with E-state index in [4.69, 9.17) is 0 Å². The maximum Gasteiger partial charge on any atom is 0.416 e. The van der Waals surface area contributed by atoms with E-state index in [1.54, 1.807) is 18.2 Å². The zero-order valence-electron chi connectivity index (χ0n) is 15.4. The maximum absolute atomic E-state index is 13.6. The molecule has 1 atom stereocenters. The zero-order chi connectivity index (χ0) is 21.3. The Bertz CT molecular complexity index is 1100. The third kappa shape index (κ3) is 3.57. The van der Waals surface area contributed by atoms with E-state index < -0.39 is 29.7 Å². The number of fused-ring (bicyclic) bond motifs is 1. The number of anilines is 1. The van der Waals surface area contributed by atoms with Crippen LogP contribution in [0.5, 0.6) is 0 Å². The van der Waals surface area contributed by atoms with Gasteiger partial charge in [0, 0.05) is 29.2 Å². The molecule has 4 rings (SSSR count). The Balaban J connectivity index is 1.79. The van der Waals surface area contributed by atoms with Crippen molar-refractivity contribution >= 4 is 17.5 Å². The Kier molecular flexibility index (Phi) is 4.86. The Labute approximate surface area is 169 Å². The minimum absolute atomic E-state index is 0.192. The summed E-state index contributed by atoms with van der Waals surface area (Å²) < 4.78 is 40.9. The molecule has 2 amide bonds. The average Bonchev–Trinajstić information content (AvgIpc) is 2.75. The minimum atomic E-state index is -4.64. The first-order chi connectivity index (χ1) is 14.4. The van der Waals surface area contributed by atoms with Gasteiger partial charge in [-0.2, -0.15) is 13.2 Å². The van der Waals surface area contributed by atoms with Gasteiger partial charge in [0.1, 0.15) is 6.17 Å². The lowest BCUT2D eigenvalue weighted by atomic mass is 10.0. The molecule has 2 aromatic carbocycles. The van der Waals surface area contributed by atoms with Crippen molar-refractivity contribution in [2.75, 3.05) is 5.32 Å². The van der Waals surface area contributed by atoms with Gasteiger partial charge in [0.15, 0.2) is 0 Å². The van der Waals surface area contributed by atoms with Gasteiger partial charge in [-0.05, 0) is 30.3 Å². The topological polar surface area (TPSA) is 74.3 Å². The van der Waals surface area contributed by atoms with Gasteiger partial charge < -0.3 is 5.32 Å². The quantitative estimate of drug-likeness (QED) is 0.682. The van der Waals surface area contributed by atoms with Crippen molar-refractivity contribution in [1.82, 2.24) is 15.4 Å². The molecule has 2 heterocycles. The van der Waals surface area contributed by atoms with Crippen molar-refractivity contribution in [3.8, 4) is 0 Å². The van der Waals surface area contributed by atoms with Gasteiger partial charge in [0.05, 0.1) is 11.1 Å². The van der Waals surface area contributed by atoms with Gasteiger partial charge in [-0.25, -0.2) is 5.01 Å². The van der Waals surface area contributed by atoms with Crippen molar-refractivity contribution in [3.63, 3.8) is 0 Å². The highest BCUT2D eigenvalue weighted by Crippen LogP contribution is 2.39. The van der Waals surface area contributed by atoms with Crippen LogP contribution in [0.3, 0.4) is 0 Å². The summed E-state index contributed by atoms with van der Waals surface area (Å²) in [7, 11) is 0. The normalized spacial score (nSPS) is 15.9. The second-order valence-corrected chi connectivity index (χ2v) is 6.53. The number of hydrogen-bond donors (Lipinski definition) is 2. The number of nitrogens with zero attached hydrogens (tertiary/aromatic N) is 2. The molecule has 0 aliphatic carbocycles. The van der Waals surface area contributed by atoms with E-state index in [1.807, 2.05) is 0 Å². The largest absolute Gasteiger partial charge is 0.416 e. The highest BCUT2D eigenvalue weighted by molar-refractivity contribution is 6.04. The smallest absolute Gasteiger partial charge is 0.359 e. The van der Waals surface area contributed by atoms with Gasteiger partial charge in [-0.15, -0.1) is 0 Å². The van der Waals surface area contributed by atoms with Gasteiger partial charge in [0.25, 0.3) is 11.8 Å². The van der Waals surface area contributed by atoms with Gasteiger partial charge in [0.2, 0.25) is 0 Å². The van der Waals surface area contributed by atoms with Crippen molar-refractivity contribution in [3.05, 3.63) is 95.3 Å². The number of benzene rings is 2. The van der Waals surface area contributed by atoms with Crippen LogP contribution in [-0.2, 0) is 6.18 Å². The molecule has 0 spiro atoms. The molecule has 152 valence electrons. The molecule has 9 heteroatoms. The average molecular weight is 412 g/mol. The van der Waals surface area contributed by atoms with E-state index in [9.17, 15) is 22.8 Å². The summed E-state index contributed by atoms with van der Waals surface area (Å²) in [5.74, 6) is -1.28. The predicted octanol–water partition coefficient (Wildman–Crippen LogP) is 4.01. The Morgan fingerprint density at radius 2 is 1.67 bits per heavy atom. The van der Waals surface area contributed by atoms with Crippen LogP contribution in [0.25, 0.3) is 0 Å². The number of carbonyl (C=O) groups excluding carboxylic acids is 2. The fraction of sp³-hybridized carbons (Fsp3) is 0.0952. The first-order valence-electron chi connectivity index (χ1n) is 8.92. The number of aromatic nitrogens is 1. The summed E-state index contributed by atoms with van der Waals surface area (Å²) in [6.45, 7) is 0. The first kappa shape index (κ1) is 19.4. The van der Waals surface area contributed by atoms with E-state index >= 15 is 0 Å². The number of pyridine rings is 1. The van der Waals surface area contributed by atoms with E-state index in [2.05, 4.69) is 15.7 Å². The molecule has 3 aromatic rings.